The van der Waals surface area contributed by atoms with Crippen LogP contribution in [0.2, 0.25) is 0 Å². The molecule has 5 nitrogen and oxygen atoms in total. The zero-order valence-corrected chi connectivity index (χ0v) is 15.9. The monoisotopic (exact) mass is 367 g/mol. The third-order valence-corrected chi connectivity index (χ3v) is 8.41. The number of carbonyl (C=O) groups excluding carboxylic acids is 2. The zero-order chi connectivity index (χ0) is 18.7. The number of piperidine rings is 1. The Morgan fingerprint density at radius 3 is 2.78 bits per heavy atom. The van der Waals surface area contributed by atoms with E-state index in [-0.39, 0.29) is 23.1 Å². The Morgan fingerprint density at radius 2 is 1.96 bits per heavy atom. The number of carbonyl (C=O) groups is 2. The maximum Gasteiger partial charge on any atom is 0.339 e. The molecule has 142 valence electrons. The van der Waals surface area contributed by atoms with Crippen molar-refractivity contribution in [1.82, 2.24) is 4.90 Å². The van der Waals surface area contributed by atoms with Crippen LogP contribution in [0, 0.1) is 23.2 Å². The number of allylic oxidation sites excluding steroid dienone is 2. The van der Waals surface area contributed by atoms with Crippen molar-refractivity contribution >= 4 is 11.8 Å². The smallest absolute Gasteiger partial charge is 0.339 e. The minimum absolute atomic E-state index is 0.0502. The first-order chi connectivity index (χ1) is 12.9. The van der Waals surface area contributed by atoms with Crippen molar-refractivity contribution in [2.75, 3.05) is 19.7 Å². The van der Waals surface area contributed by atoms with Gasteiger partial charge in [0.15, 0.2) is 5.78 Å². The lowest BCUT2D eigenvalue weighted by atomic mass is 9.65. The van der Waals surface area contributed by atoms with Crippen molar-refractivity contribution in [3.63, 3.8) is 0 Å². The van der Waals surface area contributed by atoms with Crippen LogP contribution >= 0.6 is 0 Å². The molecule has 3 heterocycles. The van der Waals surface area contributed by atoms with E-state index < -0.39 is 0 Å². The average molecular weight is 367 g/mol. The maximum atomic E-state index is 13.2. The highest BCUT2D eigenvalue weighted by Gasteiger charge is 2.62. The molecule has 0 aromatic rings. The molecule has 1 N–H and O–H groups in total. The van der Waals surface area contributed by atoms with Crippen LogP contribution in [0.1, 0.15) is 39.5 Å². The number of fused-ring (bicyclic) bond motifs is 3. The van der Waals surface area contributed by atoms with Crippen molar-refractivity contribution in [3.05, 3.63) is 33.6 Å². The van der Waals surface area contributed by atoms with E-state index in [1.54, 1.807) is 0 Å². The molecule has 5 atom stereocenters. The highest BCUT2D eigenvalue weighted by molar-refractivity contribution is 6.11. The molecule has 0 radical (unpaired) electrons. The molecular formula is C22H25NO4. The second-order valence-electron chi connectivity index (χ2n) is 9.48. The van der Waals surface area contributed by atoms with Gasteiger partial charge in [0.25, 0.3) is 0 Å². The first-order valence-corrected chi connectivity index (χ1v) is 10.3. The molecule has 0 amide bonds. The summed E-state index contributed by atoms with van der Waals surface area (Å²) < 4.78 is 5.36. The SMILES string of the molecule is CC1CN2CC3CCC(=O)C4=C5C(=C(O)C1CC2C53C)C1=C4CCOC1=O. The summed E-state index contributed by atoms with van der Waals surface area (Å²) in [7, 11) is 0. The number of aliphatic hydroxyl groups is 1. The number of aliphatic hydroxyl groups excluding tert-OH is 1. The fourth-order valence-corrected chi connectivity index (χ4v) is 7.15. The summed E-state index contributed by atoms with van der Waals surface area (Å²) in [5.41, 5.74) is 3.58. The Morgan fingerprint density at radius 1 is 1.15 bits per heavy atom. The Hall–Kier alpha value is -1.88. The van der Waals surface area contributed by atoms with E-state index >= 15 is 0 Å². The van der Waals surface area contributed by atoms with E-state index in [9.17, 15) is 14.7 Å². The van der Waals surface area contributed by atoms with Crippen LogP contribution in [0.15, 0.2) is 33.6 Å². The number of ether oxygens (including phenoxy) is 1. The summed E-state index contributed by atoms with van der Waals surface area (Å²) in [6.07, 6.45) is 2.93. The molecule has 2 bridgehead atoms. The van der Waals surface area contributed by atoms with Gasteiger partial charge >= 0.3 is 5.97 Å². The molecule has 2 saturated heterocycles. The third kappa shape index (κ3) is 1.71. The molecule has 0 aromatic heterocycles. The lowest BCUT2D eigenvalue weighted by molar-refractivity contribution is -0.139. The quantitative estimate of drug-likeness (QED) is 0.667. The predicted molar refractivity (Wildman–Crippen MR) is 97.8 cm³/mol. The minimum Gasteiger partial charge on any atom is -0.511 e. The standard InChI is InChI=1S/C22H25NO4/c1-10-8-23-9-11-3-4-14(24)16-12-5-6-27-21(26)17(12)18-19(16)22(11,2)15(23)7-13(10)20(18)25/h10-11,13,15,25H,3-9H2,1-2H3. The number of hydrogen-bond acceptors (Lipinski definition) is 5. The van der Waals surface area contributed by atoms with Gasteiger partial charge in [-0.1, -0.05) is 13.8 Å². The minimum atomic E-state index is -0.363. The van der Waals surface area contributed by atoms with Gasteiger partial charge in [0.1, 0.15) is 5.76 Å². The van der Waals surface area contributed by atoms with Gasteiger partial charge in [-0.3, -0.25) is 9.69 Å². The summed E-state index contributed by atoms with van der Waals surface area (Å²) in [6.45, 7) is 6.82. The van der Waals surface area contributed by atoms with Gasteiger partial charge in [0, 0.05) is 54.5 Å². The number of cyclic esters (lactones) is 1. The van der Waals surface area contributed by atoms with E-state index in [0.29, 0.717) is 54.2 Å². The van der Waals surface area contributed by atoms with Crippen molar-refractivity contribution < 1.29 is 19.4 Å². The Bertz CT molecular complexity index is 909. The summed E-state index contributed by atoms with van der Waals surface area (Å²) in [6, 6.07) is 0.330. The summed E-state index contributed by atoms with van der Waals surface area (Å²) in [5, 5.41) is 11.4. The molecule has 5 unspecified atom stereocenters. The Kier molecular flexibility index (Phi) is 2.94. The highest BCUT2D eigenvalue weighted by atomic mass is 16.5. The van der Waals surface area contributed by atoms with E-state index in [2.05, 4.69) is 18.7 Å². The van der Waals surface area contributed by atoms with Gasteiger partial charge in [-0.25, -0.2) is 4.79 Å². The lowest BCUT2D eigenvalue weighted by Crippen LogP contribution is -2.47. The molecule has 5 heteroatoms. The second-order valence-corrected chi connectivity index (χ2v) is 9.48. The number of Topliss-reactive ketones (excluding diaryl/α,β-unsaturated/α-hetero) is 1. The molecule has 0 aromatic carbocycles. The first kappa shape index (κ1) is 16.1. The van der Waals surface area contributed by atoms with Crippen molar-refractivity contribution in [1.29, 1.82) is 0 Å². The number of ketones is 1. The van der Waals surface area contributed by atoms with Crippen molar-refractivity contribution in [3.8, 4) is 0 Å². The highest BCUT2D eigenvalue weighted by Crippen LogP contribution is 2.64. The molecular weight excluding hydrogens is 342 g/mol. The normalized spacial score (nSPS) is 43.0. The third-order valence-electron chi connectivity index (χ3n) is 8.41. The molecule has 27 heavy (non-hydrogen) atoms. The summed E-state index contributed by atoms with van der Waals surface area (Å²) >= 11 is 0. The van der Waals surface area contributed by atoms with Crippen LogP contribution in [0.3, 0.4) is 0 Å². The van der Waals surface area contributed by atoms with Gasteiger partial charge in [-0.15, -0.1) is 0 Å². The van der Waals surface area contributed by atoms with Crippen LogP contribution in [0.25, 0.3) is 0 Å². The summed E-state index contributed by atoms with van der Waals surface area (Å²) in [4.78, 5) is 28.6. The van der Waals surface area contributed by atoms with Crippen LogP contribution in [0.4, 0.5) is 0 Å². The van der Waals surface area contributed by atoms with Crippen LogP contribution in [-0.4, -0.2) is 47.5 Å². The van der Waals surface area contributed by atoms with Crippen LogP contribution in [-0.2, 0) is 14.3 Å². The number of hydrogen-bond donors (Lipinski definition) is 1. The number of rotatable bonds is 0. The van der Waals surface area contributed by atoms with Crippen molar-refractivity contribution in [2.24, 2.45) is 23.2 Å². The fraction of sp³-hybridized carbons (Fsp3) is 0.636. The van der Waals surface area contributed by atoms with E-state index in [1.165, 1.54) is 0 Å². The molecule has 2 fully saturated rings. The Labute approximate surface area is 158 Å². The van der Waals surface area contributed by atoms with E-state index in [0.717, 1.165) is 42.7 Å². The molecule has 3 aliphatic carbocycles. The molecule has 0 spiro atoms. The van der Waals surface area contributed by atoms with Crippen LogP contribution in [0.5, 0.6) is 0 Å². The maximum absolute atomic E-state index is 13.2. The average Bonchev–Trinajstić information content (AvgIpc) is 3.07. The van der Waals surface area contributed by atoms with E-state index in [4.69, 9.17) is 4.74 Å². The summed E-state index contributed by atoms with van der Waals surface area (Å²) in [5.74, 6) is 0.902. The number of esters is 1. The number of nitrogens with zero attached hydrogens (tertiary/aromatic N) is 1. The van der Waals surface area contributed by atoms with E-state index in [1.807, 2.05) is 0 Å². The first-order valence-electron chi connectivity index (χ1n) is 10.3. The van der Waals surface area contributed by atoms with Gasteiger partial charge in [-0.05, 0) is 35.8 Å². The molecule has 0 saturated carbocycles. The van der Waals surface area contributed by atoms with Gasteiger partial charge < -0.3 is 9.84 Å². The topological polar surface area (TPSA) is 66.8 Å². The van der Waals surface area contributed by atoms with Crippen LogP contribution < -0.4 is 0 Å². The molecule has 6 aliphatic rings. The van der Waals surface area contributed by atoms with Crippen molar-refractivity contribution in [2.45, 2.75) is 45.6 Å². The Balaban J connectivity index is 1.73. The predicted octanol–water partition coefficient (Wildman–Crippen LogP) is 2.69. The lowest BCUT2D eigenvalue weighted by Gasteiger charge is -2.43. The fourth-order valence-electron chi connectivity index (χ4n) is 7.15. The second kappa shape index (κ2) is 4.93. The van der Waals surface area contributed by atoms with Gasteiger partial charge in [0.05, 0.1) is 12.2 Å². The zero-order valence-electron chi connectivity index (χ0n) is 15.9. The molecule has 3 aliphatic heterocycles. The van der Waals surface area contributed by atoms with Gasteiger partial charge in [-0.2, -0.15) is 0 Å². The largest absolute Gasteiger partial charge is 0.511 e. The molecule has 6 rings (SSSR count). The van der Waals surface area contributed by atoms with Gasteiger partial charge in [0.2, 0.25) is 0 Å².